The highest BCUT2D eigenvalue weighted by Crippen LogP contribution is 2.32. The molecule has 0 unspecified atom stereocenters. The molecule has 0 atom stereocenters. The summed E-state index contributed by atoms with van der Waals surface area (Å²) in [6.07, 6.45) is 4.32. The Morgan fingerprint density at radius 3 is 2.56 bits per heavy atom. The number of rotatable bonds is 7. The van der Waals surface area contributed by atoms with Gasteiger partial charge in [0.05, 0.1) is 16.6 Å². The molecule has 1 aliphatic rings. The van der Waals surface area contributed by atoms with Gasteiger partial charge in [0.25, 0.3) is 0 Å². The van der Waals surface area contributed by atoms with Crippen LogP contribution in [0.4, 0.5) is 0 Å². The van der Waals surface area contributed by atoms with E-state index in [1.54, 1.807) is 31.3 Å². The van der Waals surface area contributed by atoms with E-state index in [1.807, 2.05) is 0 Å². The lowest BCUT2D eigenvalue weighted by Gasteiger charge is -2.25. The predicted octanol–water partition coefficient (Wildman–Crippen LogP) is 3.20. The van der Waals surface area contributed by atoms with E-state index in [9.17, 15) is 13.2 Å². The molecule has 1 amide bonds. The Balaban J connectivity index is 1.73. The van der Waals surface area contributed by atoms with Crippen molar-refractivity contribution in [2.75, 3.05) is 13.6 Å². The molecule has 0 spiro atoms. The second-order valence-electron chi connectivity index (χ2n) is 6.47. The molecule has 0 radical (unpaired) electrons. The Morgan fingerprint density at radius 2 is 1.96 bits per heavy atom. The van der Waals surface area contributed by atoms with Gasteiger partial charge in [-0.3, -0.25) is 9.78 Å². The monoisotopic (exact) mass is 427 g/mol. The fraction of sp³-hybridized carbons (Fsp3) is 0.333. The van der Waals surface area contributed by atoms with Crippen molar-refractivity contribution in [3.63, 3.8) is 0 Å². The lowest BCUT2D eigenvalue weighted by Crippen LogP contribution is -2.42. The molecular formula is C18H19Cl2N3O3S. The Hall–Kier alpha value is -1.67. The smallest absolute Gasteiger partial charge is 0.245 e. The van der Waals surface area contributed by atoms with Crippen LogP contribution in [-0.2, 0) is 21.4 Å². The van der Waals surface area contributed by atoms with Crippen LogP contribution in [0, 0.1) is 0 Å². The minimum atomic E-state index is -3.77. The molecule has 0 N–H and O–H groups in total. The number of benzene rings is 1. The van der Waals surface area contributed by atoms with Gasteiger partial charge in [-0.25, -0.2) is 8.42 Å². The number of amides is 1. The summed E-state index contributed by atoms with van der Waals surface area (Å²) in [5.74, 6) is -0.291. The van der Waals surface area contributed by atoms with E-state index >= 15 is 0 Å². The van der Waals surface area contributed by atoms with Crippen LogP contribution in [0.1, 0.15) is 18.4 Å². The molecule has 9 heteroatoms. The molecule has 6 nitrogen and oxygen atoms in total. The maximum Gasteiger partial charge on any atom is 0.245 e. The molecule has 1 fully saturated rings. The van der Waals surface area contributed by atoms with Crippen LogP contribution in [0.25, 0.3) is 0 Å². The van der Waals surface area contributed by atoms with Gasteiger partial charge in [0.2, 0.25) is 15.9 Å². The first-order valence-corrected chi connectivity index (χ1v) is 10.6. The molecule has 2 aromatic rings. The van der Waals surface area contributed by atoms with Gasteiger partial charge in [0, 0.05) is 32.0 Å². The second kappa shape index (κ2) is 8.14. The summed E-state index contributed by atoms with van der Waals surface area (Å²) in [4.78, 5) is 18.1. The van der Waals surface area contributed by atoms with Gasteiger partial charge < -0.3 is 4.90 Å². The minimum absolute atomic E-state index is 0.0943. The molecule has 1 aromatic carbocycles. The lowest BCUT2D eigenvalue weighted by molar-refractivity contribution is -0.130. The standard InChI is InChI=1S/C18H19Cl2N3O3S/c1-22(11-13-4-7-16(19)17(20)9-13)18(24)12-23(14-5-6-14)27(25,26)15-3-2-8-21-10-15/h2-4,7-10,14H,5-6,11-12H2,1H3. The summed E-state index contributed by atoms with van der Waals surface area (Å²) in [6.45, 7) is 0.0981. The first kappa shape index (κ1) is 20.1. The Kier molecular flexibility index (Phi) is 6.05. The number of pyridine rings is 1. The fourth-order valence-corrected chi connectivity index (χ4v) is 4.58. The van der Waals surface area contributed by atoms with Crippen LogP contribution in [0.15, 0.2) is 47.6 Å². The van der Waals surface area contributed by atoms with Crippen molar-refractivity contribution in [2.24, 2.45) is 0 Å². The van der Waals surface area contributed by atoms with Gasteiger partial charge >= 0.3 is 0 Å². The third-order valence-electron chi connectivity index (χ3n) is 4.32. The number of likely N-dealkylation sites (N-methyl/N-ethyl adjacent to an activating group) is 1. The molecule has 0 aliphatic heterocycles. The number of aromatic nitrogens is 1. The Labute approximate surface area is 168 Å². The average Bonchev–Trinajstić information content (AvgIpc) is 3.48. The third-order valence-corrected chi connectivity index (χ3v) is 6.94. The van der Waals surface area contributed by atoms with Crippen molar-refractivity contribution >= 4 is 39.1 Å². The van der Waals surface area contributed by atoms with Crippen LogP contribution in [0.3, 0.4) is 0 Å². The van der Waals surface area contributed by atoms with Crippen LogP contribution < -0.4 is 0 Å². The van der Waals surface area contributed by atoms with Crippen molar-refractivity contribution in [1.29, 1.82) is 0 Å². The molecular weight excluding hydrogens is 409 g/mol. The van der Waals surface area contributed by atoms with Crippen LogP contribution in [-0.4, -0.2) is 48.1 Å². The second-order valence-corrected chi connectivity index (χ2v) is 9.17. The first-order chi connectivity index (χ1) is 12.8. The van der Waals surface area contributed by atoms with E-state index in [2.05, 4.69) is 4.98 Å². The number of sulfonamides is 1. The highest BCUT2D eigenvalue weighted by Gasteiger charge is 2.39. The zero-order valence-electron chi connectivity index (χ0n) is 14.7. The maximum absolute atomic E-state index is 12.9. The Bertz CT molecular complexity index is 934. The molecule has 1 aliphatic carbocycles. The van der Waals surface area contributed by atoms with E-state index in [0.29, 0.717) is 16.6 Å². The summed E-state index contributed by atoms with van der Waals surface area (Å²) in [7, 11) is -2.14. The van der Waals surface area contributed by atoms with Gasteiger partial charge in [0.1, 0.15) is 4.90 Å². The van der Waals surface area contributed by atoms with Gasteiger partial charge in [0.15, 0.2) is 0 Å². The van der Waals surface area contributed by atoms with Crippen LogP contribution >= 0.6 is 23.2 Å². The van der Waals surface area contributed by atoms with E-state index in [4.69, 9.17) is 23.2 Å². The van der Waals surface area contributed by atoms with Crippen molar-refractivity contribution < 1.29 is 13.2 Å². The number of halogens is 2. The van der Waals surface area contributed by atoms with E-state index in [1.165, 1.54) is 27.7 Å². The van der Waals surface area contributed by atoms with Crippen molar-refractivity contribution in [2.45, 2.75) is 30.3 Å². The molecule has 1 aromatic heterocycles. The quantitative estimate of drug-likeness (QED) is 0.679. The minimum Gasteiger partial charge on any atom is -0.340 e. The highest BCUT2D eigenvalue weighted by atomic mass is 35.5. The topological polar surface area (TPSA) is 70.6 Å². The Morgan fingerprint density at radius 1 is 1.22 bits per heavy atom. The van der Waals surface area contributed by atoms with E-state index < -0.39 is 10.0 Å². The van der Waals surface area contributed by atoms with E-state index in [-0.39, 0.29) is 23.4 Å². The molecule has 0 bridgehead atoms. The van der Waals surface area contributed by atoms with Crippen molar-refractivity contribution in [3.8, 4) is 0 Å². The van der Waals surface area contributed by atoms with Gasteiger partial charge in [-0.05, 0) is 42.7 Å². The summed E-state index contributed by atoms with van der Waals surface area (Å²) in [6, 6.07) is 8.05. The summed E-state index contributed by atoms with van der Waals surface area (Å²) in [5.41, 5.74) is 0.813. The number of carbonyl (C=O) groups excluding carboxylic acids is 1. The number of hydrogen-bond acceptors (Lipinski definition) is 4. The maximum atomic E-state index is 12.9. The SMILES string of the molecule is CN(Cc1ccc(Cl)c(Cl)c1)C(=O)CN(C1CC1)S(=O)(=O)c1cccnc1. The summed E-state index contributed by atoms with van der Waals surface area (Å²) < 4.78 is 27.1. The zero-order valence-corrected chi connectivity index (χ0v) is 17.0. The number of carbonyl (C=O) groups is 1. The lowest BCUT2D eigenvalue weighted by atomic mass is 10.2. The zero-order chi connectivity index (χ0) is 19.6. The third kappa shape index (κ3) is 4.79. The molecule has 1 saturated carbocycles. The van der Waals surface area contributed by atoms with Crippen LogP contribution in [0.2, 0.25) is 10.0 Å². The van der Waals surface area contributed by atoms with Crippen LogP contribution in [0.5, 0.6) is 0 Å². The number of nitrogens with zero attached hydrogens (tertiary/aromatic N) is 3. The first-order valence-electron chi connectivity index (χ1n) is 8.39. The largest absolute Gasteiger partial charge is 0.340 e. The normalized spacial score (nSPS) is 14.4. The molecule has 1 heterocycles. The summed E-state index contributed by atoms with van der Waals surface area (Å²) >= 11 is 11.9. The van der Waals surface area contributed by atoms with E-state index in [0.717, 1.165) is 18.4 Å². The molecule has 27 heavy (non-hydrogen) atoms. The van der Waals surface area contributed by atoms with Gasteiger partial charge in [-0.15, -0.1) is 0 Å². The predicted molar refractivity (Wildman–Crippen MR) is 104 cm³/mol. The molecule has 0 saturated heterocycles. The fourth-order valence-electron chi connectivity index (χ4n) is 2.66. The number of hydrogen-bond donors (Lipinski definition) is 0. The van der Waals surface area contributed by atoms with Crippen molar-refractivity contribution in [3.05, 3.63) is 58.3 Å². The highest BCUT2D eigenvalue weighted by molar-refractivity contribution is 7.89. The molecule has 144 valence electrons. The van der Waals surface area contributed by atoms with Gasteiger partial charge in [-0.1, -0.05) is 29.3 Å². The average molecular weight is 428 g/mol. The van der Waals surface area contributed by atoms with Gasteiger partial charge in [-0.2, -0.15) is 4.31 Å². The molecule has 3 rings (SSSR count). The van der Waals surface area contributed by atoms with Crippen molar-refractivity contribution in [1.82, 2.24) is 14.2 Å². The summed E-state index contributed by atoms with van der Waals surface area (Å²) in [5, 5.41) is 0.852.